The molecule has 0 amide bonds. The molecule has 0 atom stereocenters. The molecule has 6 N–H and O–H groups in total. The second-order valence-electron chi connectivity index (χ2n) is 1.71. The van der Waals surface area contributed by atoms with E-state index in [1.165, 1.54) is 0 Å². The van der Waals surface area contributed by atoms with Crippen LogP contribution in [0.5, 0.6) is 0 Å². The smallest absolute Gasteiger partial charge is 0.0662 e. The van der Waals surface area contributed by atoms with Gasteiger partial charge in [0.15, 0.2) is 0 Å². The summed E-state index contributed by atoms with van der Waals surface area (Å²) in [6.45, 7) is 7.47. The fourth-order valence-electron chi connectivity index (χ4n) is 0. The predicted molar refractivity (Wildman–Crippen MR) is 65.2 cm³/mol. The molecular weight excluding hydrogens is 216 g/mol. The van der Waals surface area contributed by atoms with Crippen LogP contribution in [-0.2, 0) is 0 Å². The summed E-state index contributed by atoms with van der Waals surface area (Å²) < 4.78 is 0. The average Bonchev–Trinajstić information content (AvgIpc) is 2.22. The standard InChI is InChI=1S/C2H6O2.4C2H6O/c3-1-2-4;4*1-2-3/h3-4H,1-2H2;4*3H,2H2,1H3. The van der Waals surface area contributed by atoms with Gasteiger partial charge in [-0.3, -0.25) is 0 Å². The zero-order valence-electron chi connectivity index (χ0n) is 10.9. The van der Waals surface area contributed by atoms with Gasteiger partial charge >= 0.3 is 0 Å². The van der Waals surface area contributed by atoms with E-state index in [1.54, 1.807) is 27.7 Å². The fourth-order valence-corrected chi connectivity index (χ4v) is 0. The molecule has 0 saturated heterocycles. The van der Waals surface area contributed by atoms with Crippen LogP contribution in [0.1, 0.15) is 27.7 Å². The molecular formula is C10H30O6. The third-order valence-corrected chi connectivity index (χ3v) is 0.1000. The van der Waals surface area contributed by atoms with Gasteiger partial charge in [-0.15, -0.1) is 0 Å². The minimum atomic E-state index is -0.125. The number of hydrogen-bond acceptors (Lipinski definition) is 6. The zero-order chi connectivity index (χ0) is 14.2. The SMILES string of the molecule is CCO.CCO.CCO.CCO.OCCO. The Bertz CT molecular complexity index is 36.3. The highest BCUT2D eigenvalue weighted by molar-refractivity contribution is 4.06. The highest BCUT2D eigenvalue weighted by atomic mass is 16.3. The normalized spacial score (nSPS) is 6.38. The maximum absolute atomic E-state index is 7.62. The van der Waals surface area contributed by atoms with E-state index in [0.29, 0.717) is 0 Å². The molecule has 6 heteroatoms. The van der Waals surface area contributed by atoms with E-state index < -0.39 is 0 Å². The van der Waals surface area contributed by atoms with Gasteiger partial charge in [-0.25, -0.2) is 0 Å². The summed E-state index contributed by atoms with van der Waals surface area (Å²) >= 11 is 0. The largest absolute Gasteiger partial charge is 0.397 e. The Morgan fingerprint density at radius 1 is 0.438 bits per heavy atom. The lowest BCUT2D eigenvalue weighted by Gasteiger charge is -1.70. The van der Waals surface area contributed by atoms with Crippen LogP contribution in [0.25, 0.3) is 0 Å². The van der Waals surface area contributed by atoms with Gasteiger partial charge in [0.1, 0.15) is 0 Å². The van der Waals surface area contributed by atoms with Crippen molar-refractivity contribution >= 4 is 0 Å². The Hall–Kier alpha value is -0.240. The minimum absolute atomic E-state index is 0.125. The first-order valence-corrected chi connectivity index (χ1v) is 5.23. The molecule has 0 aromatic heterocycles. The van der Waals surface area contributed by atoms with Gasteiger partial charge in [-0.05, 0) is 27.7 Å². The highest BCUT2D eigenvalue weighted by Crippen LogP contribution is 1.39. The van der Waals surface area contributed by atoms with E-state index in [2.05, 4.69) is 0 Å². The van der Waals surface area contributed by atoms with Crippen molar-refractivity contribution in [1.29, 1.82) is 0 Å². The van der Waals surface area contributed by atoms with E-state index in [9.17, 15) is 0 Å². The van der Waals surface area contributed by atoms with Crippen molar-refractivity contribution in [3.8, 4) is 0 Å². The first kappa shape index (κ1) is 29.7. The van der Waals surface area contributed by atoms with Gasteiger partial charge in [-0.2, -0.15) is 0 Å². The third kappa shape index (κ3) is 3880. The van der Waals surface area contributed by atoms with Crippen LogP contribution in [-0.4, -0.2) is 70.3 Å². The molecule has 0 unspecified atom stereocenters. The summed E-state index contributed by atoms with van der Waals surface area (Å²) in [4.78, 5) is 0. The molecule has 16 heavy (non-hydrogen) atoms. The Balaban J connectivity index is -0.0000000317. The Morgan fingerprint density at radius 2 is 0.500 bits per heavy atom. The van der Waals surface area contributed by atoms with Crippen LogP contribution in [0.2, 0.25) is 0 Å². The molecule has 6 nitrogen and oxygen atoms in total. The van der Waals surface area contributed by atoms with E-state index in [-0.39, 0.29) is 39.6 Å². The van der Waals surface area contributed by atoms with Crippen LogP contribution >= 0.6 is 0 Å². The second kappa shape index (κ2) is 84.2. The van der Waals surface area contributed by atoms with E-state index in [4.69, 9.17) is 30.6 Å². The summed E-state index contributed by atoms with van der Waals surface area (Å²) in [6, 6.07) is 0. The van der Waals surface area contributed by atoms with Crippen LogP contribution < -0.4 is 0 Å². The molecule has 0 radical (unpaired) electrons. The quantitative estimate of drug-likeness (QED) is 0.352. The van der Waals surface area contributed by atoms with Crippen molar-refractivity contribution in [2.45, 2.75) is 27.7 Å². The molecule has 0 bridgehead atoms. The van der Waals surface area contributed by atoms with Crippen molar-refractivity contribution in [2.24, 2.45) is 0 Å². The van der Waals surface area contributed by atoms with Crippen LogP contribution in [0.4, 0.5) is 0 Å². The molecule has 0 aliphatic heterocycles. The molecule has 0 heterocycles. The lowest BCUT2D eigenvalue weighted by Crippen LogP contribution is -1.85. The molecule has 0 aliphatic rings. The van der Waals surface area contributed by atoms with Crippen molar-refractivity contribution in [2.75, 3.05) is 39.6 Å². The lowest BCUT2D eigenvalue weighted by atomic mass is 10.8. The molecule has 0 fully saturated rings. The van der Waals surface area contributed by atoms with Crippen LogP contribution in [0, 0.1) is 0 Å². The lowest BCUT2D eigenvalue weighted by molar-refractivity contribution is 0.186. The van der Waals surface area contributed by atoms with Crippen molar-refractivity contribution < 1.29 is 30.6 Å². The summed E-state index contributed by atoms with van der Waals surface area (Å²) in [5, 5.41) is 45.5. The van der Waals surface area contributed by atoms with Crippen LogP contribution in [0.15, 0.2) is 0 Å². The minimum Gasteiger partial charge on any atom is -0.397 e. The second-order valence-corrected chi connectivity index (χ2v) is 1.71. The third-order valence-electron chi connectivity index (χ3n) is 0.1000. The number of rotatable bonds is 1. The first-order valence-electron chi connectivity index (χ1n) is 5.23. The topological polar surface area (TPSA) is 121 Å². The van der Waals surface area contributed by atoms with Gasteiger partial charge in [-0.1, -0.05) is 0 Å². The fraction of sp³-hybridized carbons (Fsp3) is 1.00. The number of aliphatic hydroxyl groups excluding tert-OH is 6. The van der Waals surface area contributed by atoms with Crippen molar-refractivity contribution in [1.82, 2.24) is 0 Å². The molecule has 0 aliphatic carbocycles. The summed E-state index contributed by atoms with van der Waals surface area (Å²) in [7, 11) is 0. The first-order chi connectivity index (χ1) is 7.57. The summed E-state index contributed by atoms with van der Waals surface area (Å²) in [5.74, 6) is 0. The van der Waals surface area contributed by atoms with Crippen molar-refractivity contribution in [3.05, 3.63) is 0 Å². The monoisotopic (exact) mass is 246 g/mol. The van der Waals surface area contributed by atoms with Gasteiger partial charge in [0.25, 0.3) is 0 Å². The molecule has 0 rings (SSSR count). The molecule has 0 spiro atoms. The van der Waals surface area contributed by atoms with E-state index in [0.717, 1.165) is 0 Å². The maximum atomic E-state index is 7.62. The summed E-state index contributed by atoms with van der Waals surface area (Å²) in [5.41, 5.74) is 0. The number of hydrogen-bond donors (Lipinski definition) is 6. The Labute approximate surface area is 98.8 Å². The zero-order valence-corrected chi connectivity index (χ0v) is 10.9. The summed E-state index contributed by atoms with van der Waals surface area (Å²) in [6.07, 6.45) is 0. The van der Waals surface area contributed by atoms with Crippen LogP contribution in [0.3, 0.4) is 0 Å². The molecule has 0 aromatic carbocycles. The Kier molecular flexibility index (Phi) is 156. The van der Waals surface area contributed by atoms with Crippen molar-refractivity contribution in [3.63, 3.8) is 0 Å². The predicted octanol–water partition coefficient (Wildman–Crippen LogP) is -1.03. The molecule has 0 saturated carbocycles. The highest BCUT2D eigenvalue weighted by Gasteiger charge is 1.58. The van der Waals surface area contributed by atoms with E-state index in [1.807, 2.05) is 0 Å². The number of aliphatic hydroxyl groups is 6. The van der Waals surface area contributed by atoms with Gasteiger partial charge in [0.2, 0.25) is 0 Å². The average molecular weight is 246 g/mol. The Morgan fingerprint density at radius 3 is 0.500 bits per heavy atom. The van der Waals surface area contributed by atoms with Gasteiger partial charge in [0.05, 0.1) is 13.2 Å². The molecule has 0 aromatic rings. The molecule has 106 valence electrons. The van der Waals surface area contributed by atoms with Gasteiger partial charge < -0.3 is 30.6 Å². The maximum Gasteiger partial charge on any atom is 0.0662 e. The van der Waals surface area contributed by atoms with Gasteiger partial charge in [0, 0.05) is 26.4 Å². The van der Waals surface area contributed by atoms with E-state index >= 15 is 0 Å².